The summed E-state index contributed by atoms with van der Waals surface area (Å²) >= 11 is 0. The van der Waals surface area contributed by atoms with Gasteiger partial charge in [0.15, 0.2) is 5.65 Å². The highest BCUT2D eigenvalue weighted by Crippen LogP contribution is 2.26. The molecule has 0 saturated carbocycles. The normalized spacial score (nSPS) is 20.1. The number of rotatable bonds is 6. The Morgan fingerprint density at radius 3 is 3.19 bits per heavy atom. The number of piperidine rings is 1. The molecule has 21 heavy (non-hydrogen) atoms. The van der Waals surface area contributed by atoms with Crippen LogP contribution in [0.4, 0.5) is 0 Å². The van der Waals surface area contributed by atoms with Crippen molar-refractivity contribution in [2.75, 3.05) is 32.8 Å². The number of nitrogens with zero attached hydrogens (tertiary/aromatic N) is 4. The van der Waals surface area contributed by atoms with Crippen LogP contribution in [0.25, 0.3) is 5.65 Å². The van der Waals surface area contributed by atoms with Gasteiger partial charge in [0, 0.05) is 38.4 Å². The summed E-state index contributed by atoms with van der Waals surface area (Å²) in [5, 5.41) is 8.70. The van der Waals surface area contributed by atoms with E-state index in [2.05, 4.69) is 25.7 Å². The molecular formula is C16H24N4O. The predicted molar refractivity (Wildman–Crippen MR) is 82.5 cm³/mol. The monoisotopic (exact) mass is 288 g/mol. The maximum Gasteiger partial charge on any atom is 0.160 e. The van der Waals surface area contributed by atoms with Crippen LogP contribution in [-0.4, -0.2) is 52.3 Å². The first-order valence-electron chi connectivity index (χ1n) is 7.98. The van der Waals surface area contributed by atoms with E-state index in [0.717, 1.165) is 44.2 Å². The molecule has 1 fully saturated rings. The molecule has 0 amide bonds. The maximum absolute atomic E-state index is 5.43. The van der Waals surface area contributed by atoms with E-state index in [-0.39, 0.29) is 0 Å². The molecule has 1 saturated heterocycles. The Morgan fingerprint density at radius 2 is 2.29 bits per heavy atom. The molecule has 0 bridgehead atoms. The van der Waals surface area contributed by atoms with Crippen LogP contribution in [0.15, 0.2) is 24.4 Å². The predicted octanol–water partition coefficient (Wildman–Crippen LogP) is 2.34. The Balaban J connectivity index is 1.63. The minimum absolute atomic E-state index is 0.489. The molecule has 1 aliphatic rings. The largest absolute Gasteiger partial charge is 0.382 e. The van der Waals surface area contributed by atoms with Crippen LogP contribution in [0.1, 0.15) is 37.9 Å². The first-order chi connectivity index (χ1) is 10.4. The summed E-state index contributed by atoms with van der Waals surface area (Å²) in [7, 11) is 0. The van der Waals surface area contributed by atoms with Gasteiger partial charge in [-0.3, -0.25) is 4.40 Å². The fourth-order valence-corrected chi connectivity index (χ4v) is 3.14. The van der Waals surface area contributed by atoms with E-state index < -0.39 is 0 Å². The summed E-state index contributed by atoms with van der Waals surface area (Å²) in [6.07, 6.45) is 5.62. The molecule has 1 atom stereocenters. The van der Waals surface area contributed by atoms with Gasteiger partial charge in [0.05, 0.1) is 0 Å². The third-order valence-corrected chi connectivity index (χ3v) is 4.18. The standard InChI is InChI=1S/C16H24N4O/c1-2-21-12-6-10-19-9-5-7-14(13-19)16-18-17-15-8-3-4-11-20(15)16/h3-4,8,11,14H,2,5-7,9-10,12-13H2,1H3. The summed E-state index contributed by atoms with van der Waals surface area (Å²) in [5.41, 5.74) is 0.945. The SMILES string of the molecule is CCOCCCN1CCCC(c2nnc3ccccn23)C1. The van der Waals surface area contributed by atoms with Gasteiger partial charge in [0.25, 0.3) is 0 Å². The van der Waals surface area contributed by atoms with E-state index >= 15 is 0 Å². The van der Waals surface area contributed by atoms with Gasteiger partial charge < -0.3 is 9.64 Å². The molecule has 1 unspecified atom stereocenters. The molecule has 0 spiro atoms. The zero-order chi connectivity index (χ0) is 14.5. The number of fused-ring (bicyclic) bond motifs is 1. The molecule has 5 heteroatoms. The summed E-state index contributed by atoms with van der Waals surface area (Å²) in [5.74, 6) is 1.60. The van der Waals surface area contributed by atoms with Gasteiger partial charge in [-0.05, 0) is 44.9 Å². The summed E-state index contributed by atoms with van der Waals surface area (Å²) in [6.45, 7) is 7.13. The van der Waals surface area contributed by atoms with Crippen molar-refractivity contribution in [3.63, 3.8) is 0 Å². The fourth-order valence-electron chi connectivity index (χ4n) is 3.14. The van der Waals surface area contributed by atoms with Crippen LogP contribution in [0.5, 0.6) is 0 Å². The minimum Gasteiger partial charge on any atom is -0.382 e. The zero-order valence-corrected chi connectivity index (χ0v) is 12.7. The lowest BCUT2D eigenvalue weighted by molar-refractivity contribution is 0.123. The molecule has 0 N–H and O–H groups in total. The molecule has 0 radical (unpaired) electrons. The van der Waals surface area contributed by atoms with Crippen molar-refractivity contribution in [2.45, 2.75) is 32.1 Å². The third kappa shape index (κ3) is 3.41. The van der Waals surface area contributed by atoms with Crippen LogP contribution in [0, 0.1) is 0 Å². The van der Waals surface area contributed by atoms with Crippen LogP contribution in [-0.2, 0) is 4.74 Å². The van der Waals surface area contributed by atoms with Gasteiger partial charge in [-0.15, -0.1) is 10.2 Å². The highest BCUT2D eigenvalue weighted by Gasteiger charge is 2.24. The van der Waals surface area contributed by atoms with Crippen molar-refractivity contribution < 1.29 is 4.74 Å². The number of pyridine rings is 1. The highest BCUT2D eigenvalue weighted by molar-refractivity contribution is 5.37. The van der Waals surface area contributed by atoms with Crippen molar-refractivity contribution in [1.82, 2.24) is 19.5 Å². The summed E-state index contributed by atoms with van der Waals surface area (Å²) < 4.78 is 7.56. The third-order valence-electron chi connectivity index (χ3n) is 4.18. The number of ether oxygens (including phenoxy) is 1. The lowest BCUT2D eigenvalue weighted by Crippen LogP contribution is -2.36. The smallest absolute Gasteiger partial charge is 0.160 e. The van der Waals surface area contributed by atoms with E-state index in [1.807, 2.05) is 25.1 Å². The molecular weight excluding hydrogens is 264 g/mol. The van der Waals surface area contributed by atoms with Gasteiger partial charge in [0.1, 0.15) is 5.82 Å². The van der Waals surface area contributed by atoms with Crippen LogP contribution < -0.4 is 0 Å². The van der Waals surface area contributed by atoms with Crippen molar-refractivity contribution in [3.05, 3.63) is 30.2 Å². The van der Waals surface area contributed by atoms with Crippen LogP contribution in [0.3, 0.4) is 0 Å². The molecule has 3 rings (SSSR count). The van der Waals surface area contributed by atoms with Gasteiger partial charge >= 0.3 is 0 Å². The van der Waals surface area contributed by atoms with E-state index in [4.69, 9.17) is 4.74 Å². The fraction of sp³-hybridized carbons (Fsp3) is 0.625. The van der Waals surface area contributed by atoms with E-state index in [0.29, 0.717) is 5.92 Å². The number of hydrogen-bond donors (Lipinski definition) is 0. The van der Waals surface area contributed by atoms with Gasteiger partial charge in [0.2, 0.25) is 0 Å². The Kier molecular flexibility index (Phi) is 4.83. The summed E-state index contributed by atoms with van der Waals surface area (Å²) in [6, 6.07) is 6.07. The van der Waals surface area contributed by atoms with Gasteiger partial charge in [-0.2, -0.15) is 0 Å². The van der Waals surface area contributed by atoms with Crippen molar-refractivity contribution in [1.29, 1.82) is 0 Å². The molecule has 114 valence electrons. The van der Waals surface area contributed by atoms with Crippen LogP contribution in [0.2, 0.25) is 0 Å². The Bertz CT molecular complexity index is 568. The molecule has 2 aromatic rings. The number of aromatic nitrogens is 3. The molecule has 0 aliphatic carbocycles. The number of hydrogen-bond acceptors (Lipinski definition) is 4. The number of likely N-dealkylation sites (tertiary alicyclic amines) is 1. The second-order valence-corrected chi connectivity index (χ2v) is 5.68. The van der Waals surface area contributed by atoms with Gasteiger partial charge in [-0.25, -0.2) is 0 Å². The maximum atomic E-state index is 5.43. The highest BCUT2D eigenvalue weighted by atomic mass is 16.5. The summed E-state index contributed by atoms with van der Waals surface area (Å²) in [4.78, 5) is 2.54. The van der Waals surface area contributed by atoms with Crippen molar-refractivity contribution in [3.8, 4) is 0 Å². The van der Waals surface area contributed by atoms with E-state index in [1.54, 1.807) is 0 Å². The average Bonchev–Trinajstić information content (AvgIpc) is 2.96. The molecule has 1 aliphatic heterocycles. The zero-order valence-electron chi connectivity index (χ0n) is 12.7. The minimum atomic E-state index is 0.489. The Hall–Kier alpha value is -1.46. The topological polar surface area (TPSA) is 42.7 Å². The van der Waals surface area contributed by atoms with E-state index in [1.165, 1.54) is 19.4 Å². The molecule has 3 heterocycles. The molecule has 0 aromatic carbocycles. The second kappa shape index (κ2) is 7.00. The first kappa shape index (κ1) is 14.5. The van der Waals surface area contributed by atoms with Crippen LogP contribution >= 0.6 is 0 Å². The quantitative estimate of drug-likeness (QED) is 0.765. The molecule has 5 nitrogen and oxygen atoms in total. The lowest BCUT2D eigenvalue weighted by Gasteiger charge is -2.31. The first-order valence-corrected chi connectivity index (χ1v) is 7.98. The Labute approximate surface area is 125 Å². The average molecular weight is 288 g/mol. The Morgan fingerprint density at radius 1 is 1.33 bits per heavy atom. The molecule has 2 aromatic heterocycles. The van der Waals surface area contributed by atoms with Crippen molar-refractivity contribution >= 4 is 5.65 Å². The van der Waals surface area contributed by atoms with Crippen molar-refractivity contribution in [2.24, 2.45) is 0 Å². The second-order valence-electron chi connectivity index (χ2n) is 5.68. The van der Waals surface area contributed by atoms with Gasteiger partial charge in [-0.1, -0.05) is 6.07 Å². The van der Waals surface area contributed by atoms with E-state index in [9.17, 15) is 0 Å². The lowest BCUT2D eigenvalue weighted by atomic mass is 9.97.